The first-order valence-electron chi connectivity index (χ1n) is 5.87. The molecule has 1 N–H and O–H groups in total. The first-order valence-corrected chi connectivity index (χ1v) is 6.28. The number of aromatic nitrogens is 2. The molecule has 2 rings (SSSR count). The Morgan fingerprint density at radius 3 is 2.67 bits per heavy atom. The highest BCUT2D eigenvalue weighted by molar-refractivity contribution is 7.71. The van der Waals surface area contributed by atoms with Crippen molar-refractivity contribution in [3.63, 3.8) is 0 Å². The van der Waals surface area contributed by atoms with Crippen LogP contribution in [0.5, 0.6) is 0 Å². The van der Waals surface area contributed by atoms with E-state index < -0.39 is 0 Å². The maximum absolute atomic E-state index is 5.32. The lowest BCUT2D eigenvalue weighted by atomic mass is 10.1. The number of hydrogen-bond acceptors (Lipinski definition) is 1. The number of H-pyrrole nitrogens is 1. The van der Waals surface area contributed by atoms with Crippen LogP contribution in [0, 0.1) is 16.6 Å². The van der Waals surface area contributed by atoms with E-state index in [1.807, 2.05) is 0 Å². The van der Waals surface area contributed by atoms with Crippen LogP contribution in [0.1, 0.15) is 45.2 Å². The largest absolute Gasteiger partial charge is 0.337 e. The molecule has 0 radical (unpaired) electrons. The first-order chi connectivity index (χ1) is 7.09. The van der Waals surface area contributed by atoms with E-state index in [0.717, 1.165) is 23.2 Å². The van der Waals surface area contributed by atoms with Gasteiger partial charge in [-0.25, -0.2) is 0 Å². The van der Waals surface area contributed by atoms with E-state index in [9.17, 15) is 0 Å². The molecule has 1 atom stereocenters. The molecule has 1 aromatic rings. The monoisotopic (exact) mass is 224 g/mol. The minimum absolute atomic E-state index is 0.546. The van der Waals surface area contributed by atoms with Crippen molar-refractivity contribution in [1.82, 2.24) is 9.55 Å². The van der Waals surface area contributed by atoms with Crippen LogP contribution < -0.4 is 0 Å². The second kappa shape index (κ2) is 4.12. The Kier molecular flexibility index (Phi) is 3.01. The third kappa shape index (κ3) is 2.33. The summed E-state index contributed by atoms with van der Waals surface area (Å²) < 4.78 is 3.16. The molecule has 1 unspecified atom stereocenters. The Morgan fingerprint density at radius 1 is 1.47 bits per heavy atom. The summed E-state index contributed by atoms with van der Waals surface area (Å²) in [4.78, 5) is 3.16. The molecule has 0 amide bonds. The Hall–Kier alpha value is -0.570. The lowest BCUT2D eigenvalue weighted by Crippen LogP contribution is -2.12. The van der Waals surface area contributed by atoms with Crippen LogP contribution in [0.2, 0.25) is 0 Å². The normalized spacial score (nSPS) is 18.4. The van der Waals surface area contributed by atoms with E-state index >= 15 is 0 Å². The van der Waals surface area contributed by atoms with Gasteiger partial charge in [-0.3, -0.25) is 0 Å². The second-order valence-corrected chi connectivity index (χ2v) is 5.49. The Morgan fingerprint density at radius 2 is 2.13 bits per heavy atom. The topological polar surface area (TPSA) is 20.7 Å². The summed E-state index contributed by atoms with van der Waals surface area (Å²) in [7, 11) is 0. The van der Waals surface area contributed by atoms with Gasteiger partial charge in [0.25, 0.3) is 0 Å². The minimum Gasteiger partial charge on any atom is -0.337 e. The van der Waals surface area contributed by atoms with Crippen LogP contribution in [0.4, 0.5) is 0 Å². The molecular weight excluding hydrogens is 204 g/mol. The van der Waals surface area contributed by atoms with Crippen molar-refractivity contribution in [3.05, 3.63) is 16.7 Å². The third-order valence-corrected chi connectivity index (χ3v) is 3.73. The van der Waals surface area contributed by atoms with Gasteiger partial charge < -0.3 is 9.55 Å². The van der Waals surface area contributed by atoms with Crippen molar-refractivity contribution in [2.24, 2.45) is 11.8 Å². The van der Waals surface area contributed by atoms with Gasteiger partial charge in [-0.1, -0.05) is 20.8 Å². The predicted molar refractivity (Wildman–Crippen MR) is 65.6 cm³/mol. The van der Waals surface area contributed by atoms with Gasteiger partial charge in [-0.05, 0) is 42.8 Å². The van der Waals surface area contributed by atoms with Crippen molar-refractivity contribution < 1.29 is 0 Å². The fraction of sp³-hybridized carbons (Fsp3) is 0.750. The van der Waals surface area contributed by atoms with Gasteiger partial charge in [0.2, 0.25) is 0 Å². The number of nitrogens with zero attached hydrogens (tertiary/aromatic N) is 1. The summed E-state index contributed by atoms with van der Waals surface area (Å²) in [5, 5.41) is 0. The van der Waals surface area contributed by atoms with Crippen molar-refractivity contribution in [1.29, 1.82) is 0 Å². The van der Waals surface area contributed by atoms with Crippen LogP contribution in [-0.2, 0) is 6.54 Å². The molecule has 0 aliphatic heterocycles. The fourth-order valence-corrected chi connectivity index (χ4v) is 2.42. The lowest BCUT2D eigenvalue weighted by Gasteiger charge is -2.15. The van der Waals surface area contributed by atoms with E-state index in [-0.39, 0.29) is 0 Å². The first kappa shape index (κ1) is 10.9. The molecule has 84 valence electrons. The maximum Gasteiger partial charge on any atom is 0.177 e. The second-order valence-electron chi connectivity index (χ2n) is 5.10. The molecule has 1 saturated carbocycles. The summed E-state index contributed by atoms with van der Waals surface area (Å²) in [6.07, 6.45) is 4.89. The minimum atomic E-state index is 0.546. The average Bonchev–Trinajstić information content (AvgIpc) is 2.94. The number of nitrogens with one attached hydrogen (secondary N) is 1. The SMILES string of the molecule is CC(C)c1c[nH]c(=S)n1CC(C)C1CC1. The zero-order chi connectivity index (χ0) is 11.0. The summed E-state index contributed by atoms with van der Waals surface area (Å²) in [6, 6.07) is 0. The van der Waals surface area contributed by atoms with Crippen LogP contribution in [0.3, 0.4) is 0 Å². The highest BCUT2D eigenvalue weighted by atomic mass is 32.1. The number of imidazole rings is 1. The Bertz CT molecular complexity index is 385. The fourth-order valence-electron chi connectivity index (χ4n) is 2.18. The van der Waals surface area contributed by atoms with Crippen molar-refractivity contribution in [2.75, 3.05) is 0 Å². The molecule has 1 aromatic heterocycles. The zero-order valence-electron chi connectivity index (χ0n) is 9.79. The molecule has 15 heavy (non-hydrogen) atoms. The van der Waals surface area contributed by atoms with Gasteiger partial charge in [-0.2, -0.15) is 0 Å². The molecule has 0 bridgehead atoms. The summed E-state index contributed by atoms with van der Waals surface area (Å²) in [5.41, 5.74) is 1.34. The highest BCUT2D eigenvalue weighted by Crippen LogP contribution is 2.37. The van der Waals surface area contributed by atoms with Gasteiger partial charge in [0.15, 0.2) is 4.77 Å². The summed E-state index contributed by atoms with van der Waals surface area (Å²) >= 11 is 5.32. The molecule has 3 heteroatoms. The predicted octanol–water partition coefficient (Wildman–Crippen LogP) is 3.72. The molecule has 1 heterocycles. The molecule has 1 aliphatic rings. The molecule has 1 fully saturated rings. The zero-order valence-corrected chi connectivity index (χ0v) is 10.6. The van der Waals surface area contributed by atoms with Gasteiger partial charge in [0.05, 0.1) is 0 Å². The number of hydrogen-bond donors (Lipinski definition) is 1. The summed E-state index contributed by atoms with van der Waals surface area (Å²) in [6.45, 7) is 7.86. The van der Waals surface area contributed by atoms with Crippen molar-refractivity contribution in [2.45, 2.75) is 46.1 Å². The van der Waals surface area contributed by atoms with Crippen molar-refractivity contribution in [3.8, 4) is 0 Å². The molecule has 0 saturated heterocycles. The van der Waals surface area contributed by atoms with E-state index in [1.165, 1.54) is 18.5 Å². The van der Waals surface area contributed by atoms with E-state index in [1.54, 1.807) is 0 Å². The van der Waals surface area contributed by atoms with Gasteiger partial charge in [0, 0.05) is 18.4 Å². The van der Waals surface area contributed by atoms with Gasteiger partial charge >= 0.3 is 0 Å². The number of rotatable bonds is 4. The molecule has 1 aliphatic carbocycles. The van der Waals surface area contributed by atoms with Crippen LogP contribution >= 0.6 is 12.2 Å². The van der Waals surface area contributed by atoms with Crippen LogP contribution in [0.15, 0.2) is 6.20 Å². The highest BCUT2D eigenvalue weighted by Gasteiger charge is 2.28. The lowest BCUT2D eigenvalue weighted by molar-refractivity contribution is 0.417. The van der Waals surface area contributed by atoms with E-state index in [0.29, 0.717) is 5.92 Å². The molecule has 2 nitrogen and oxygen atoms in total. The quantitative estimate of drug-likeness (QED) is 0.773. The van der Waals surface area contributed by atoms with E-state index in [4.69, 9.17) is 12.2 Å². The summed E-state index contributed by atoms with van der Waals surface area (Å²) in [5.74, 6) is 2.26. The Balaban J connectivity index is 2.18. The number of aromatic amines is 1. The van der Waals surface area contributed by atoms with Crippen LogP contribution in [-0.4, -0.2) is 9.55 Å². The average molecular weight is 224 g/mol. The maximum atomic E-state index is 5.32. The van der Waals surface area contributed by atoms with Crippen LogP contribution in [0.25, 0.3) is 0 Å². The third-order valence-electron chi connectivity index (χ3n) is 3.39. The van der Waals surface area contributed by atoms with E-state index in [2.05, 4.69) is 36.5 Å². The smallest absolute Gasteiger partial charge is 0.177 e. The molecule has 0 spiro atoms. The van der Waals surface area contributed by atoms with Gasteiger partial charge in [-0.15, -0.1) is 0 Å². The standard InChI is InChI=1S/C12H20N2S/c1-8(2)11-6-13-12(15)14(11)7-9(3)10-4-5-10/h6,8-10H,4-5,7H2,1-3H3,(H,13,15). The molecule has 0 aromatic carbocycles. The molecular formula is C12H20N2S. The van der Waals surface area contributed by atoms with Gasteiger partial charge in [0.1, 0.15) is 0 Å². The Labute approximate surface area is 96.7 Å². The van der Waals surface area contributed by atoms with Crippen molar-refractivity contribution >= 4 is 12.2 Å².